The minimum Gasteiger partial charge on any atom is -0.335 e. The number of amides is 2. The standard InChI is InChI=1S/C19H22ClN5O2/c1-12(13-5-7-15(20)8-6-13)25-11-14(10-17(25)26)18(27)21-19-23-22-16-4-2-3-9-24(16)19/h5-8,12,14H,2-4,9-11H2,1H3,(H,21,23,27)/t12-,14?/m0/s1. The minimum absolute atomic E-state index is 0.0131. The van der Waals surface area contributed by atoms with Gasteiger partial charge < -0.3 is 4.90 Å². The summed E-state index contributed by atoms with van der Waals surface area (Å²) < 4.78 is 1.96. The van der Waals surface area contributed by atoms with Crippen LogP contribution in [0.2, 0.25) is 5.02 Å². The van der Waals surface area contributed by atoms with E-state index in [0.717, 1.165) is 37.2 Å². The highest BCUT2D eigenvalue weighted by molar-refractivity contribution is 6.30. The summed E-state index contributed by atoms with van der Waals surface area (Å²) in [5.74, 6) is 0.836. The lowest BCUT2D eigenvalue weighted by Crippen LogP contribution is -2.31. The predicted molar refractivity (Wildman–Crippen MR) is 101 cm³/mol. The Morgan fingerprint density at radius 3 is 2.81 bits per heavy atom. The van der Waals surface area contributed by atoms with Gasteiger partial charge >= 0.3 is 0 Å². The summed E-state index contributed by atoms with van der Waals surface area (Å²) in [7, 11) is 0. The number of halogens is 1. The van der Waals surface area contributed by atoms with Crippen molar-refractivity contribution in [3.8, 4) is 0 Å². The van der Waals surface area contributed by atoms with Crippen molar-refractivity contribution in [3.63, 3.8) is 0 Å². The Morgan fingerprint density at radius 2 is 2.04 bits per heavy atom. The van der Waals surface area contributed by atoms with Crippen LogP contribution in [0.15, 0.2) is 24.3 Å². The third-order valence-electron chi connectivity index (χ3n) is 5.44. The molecule has 2 aliphatic heterocycles. The maximum atomic E-state index is 12.7. The van der Waals surface area contributed by atoms with E-state index < -0.39 is 0 Å². The van der Waals surface area contributed by atoms with Crippen molar-refractivity contribution in [1.82, 2.24) is 19.7 Å². The highest BCUT2D eigenvalue weighted by atomic mass is 35.5. The van der Waals surface area contributed by atoms with Gasteiger partial charge in [-0.25, -0.2) is 0 Å². The lowest BCUT2D eigenvalue weighted by atomic mass is 10.1. The van der Waals surface area contributed by atoms with Gasteiger partial charge in [-0.1, -0.05) is 23.7 Å². The first-order chi connectivity index (χ1) is 13.0. The molecule has 1 saturated heterocycles. The van der Waals surface area contributed by atoms with Crippen molar-refractivity contribution < 1.29 is 9.59 Å². The van der Waals surface area contributed by atoms with Crippen molar-refractivity contribution in [3.05, 3.63) is 40.7 Å². The molecule has 1 N–H and O–H groups in total. The van der Waals surface area contributed by atoms with Gasteiger partial charge in [-0.05, 0) is 37.5 Å². The van der Waals surface area contributed by atoms with E-state index in [1.165, 1.54) is 0 Å². The Morgan fingerprint density at radius 1 is 1.26 bits per heavy atom. The number of nitrogens with zero attached hydrogens (tertiary/aromatic N) is 4. The van der Waals surface area contributed by atoms with Crippen molar-refractivity contribution in [2.45, 2.75) is 45.2 Å². The molecule has 1 unspecified atom stereocenters. The Bertz CT molecular complexity index is 863. The summed E-state index contributed by atoms with van der Waals surface area (Å²) in [4.78, 5) is 27.0. The topological polar surface area (TPSA) is 80.1 Å². The predicted octanol–water partition coefficient (Wildman–Crippen LogP) is 2.82. The van der Waals surface area contributed by atoms with Crippen LogP contribution in [0.3, 0.4) is 0 Å². The summed E-state index contributed by atoms with van der Waals surface area (Å²) >= 11 is 5.94. The van der Waals surface area contributed by atoms with E-state index in [-0.39, 0.29) is 30.2 Å². The smallest absolute Gasteiger partial charge is 0.232 e. The summed E-state index contributed by atoms with van der Waals surface area (Å²) in [5, 5.41) is 11.8. The SMILES string of the molecule is C[C@@H](c1ccc(Cl)cc1)N1CC(C(=O)Nc2nnc3n2CCCC3)CC1=O. The van der Waals surface area contributed by atoms with E-state index >= 15 is 0 Å². The number of likely N-dealkylation sites (tertiary alicyclic amines) is 1. The summed E-state index contributed by atoms with van der Waals surface area (Å²) in [6.07, 6.45) is 3.25. The van der Waals surface area contributed by atoms with Gasteiger partial charge in [-0.2, -0.15) is 0 Å². The van der Waals surface area contributed by atoms with E-state index in [1.54, 1.807) is 4.90 Å². The molecule has 142 valence electrons. The number of hydrogen-bond donors (Lipinski definition) is 1. The van der Waals surface area contributed by atoms with Crippen molar-refractivity contribution >= 4 is 29.4 Å². The minimum atomic E-state index is -0.385. The molecule has 8 heteroatoms. The van der Waals surface area contributed by atoms with E-state index in [9.17, 15) is 9.59 Å². The van der Waals surface area contributed by atoms with E-state index in [4.69, 9.17) is 11.6 Å². The number of nitrogens with one attached hydrogen (secondary N) is 1. The molecule has 0 aliphatic carbocycles. The van der Waals surface area contributed by atoms with Crippen LogP contribution in [0.1, 0.15) is 43.6 Å². The molecule has 2 atom stereocenters. The lowest BCUT2D eigenvalue weighted by molar-refractivity contribution is -0.129. The van der Waals surface area contributed by atoms with Crippen LogP contribution in [0.25, 0.3) is 0 Å². The molecule has 0 bridgehead atoms. The van der Waals surface area contributed by atoms with Crippen molar-refractivity contribution in [2.24, 2.45) is 5.92 Å². The van der Waals surface area contributed by atoms with Gasteiger partial charge in [0.25, 0.3) is 0 Å². The zero-order chi connectivity index (χ0) is 19.0. The molecule has 4 rings (SSSR count). The molecule has 0 saturated carbocycles. The molecule has 2 aliphatic rings. The highest BCUT2D eigenvalue weighted by Crippen LogP contribution is 2.30. The maximum absolute atomic E-state index is 12.7. The second-order valence-corrected chi connectivity index (χ2v) is 7.65. The van der Waals surface area contributed by atoms with Crippen LogP contribution in [0, 0.1) is 5.92 Å². The van der Waals surface area contributed by atoms with Crippen LogP contribution >= 0.6 is 11.6 Å². The Labute approximate surface area is 162 Å². The summed E-state index contributed by atoms with van der Waals surface area (Å²) in [6.45, 7) is 3.19. The lowest BCUT2D eigenvalue weighted by Gasteiger charge is -2.25. The second kappa shape index (κ2) is 7.31. The largest absolute Gasteiger partial charge is 0.335 e. The van der Waals surface area contributed by atoms with Crippen LogP contribution in [0.4, 0.5) is 5.95 Å². The van der Waals surface area contributed by atoms with Crippen molar-refractivity contribution in [2.75, 3.05) is 11.9 Å². The van der Waals surface area contributed by atoms with Gasteiger partial charge in [-0.3, -0.25) is 19.5 Å². The first-order valence-corrected chi connectivity index (χ1v) is 9.68. The fourth-order valence-electron chi connectivity index (χ4n) is 3.82. The Balaban J connectivity index is 1.43. The number of benzene rings is 1. The maximum Gasteiger partial charge on any atom is 0.232 e. The van der Waals surface area contributed by atoms with E-state index in [2.05, 4.69) is 15.5 Å². The number of carbonyl (C=O) groups is 2. The van der Waals surface area contributed by atoms with E-state index in [1.807, 2.05) is 35.8 Å². The number of aromatic nitrogens is 3. The molecule has 1 aromatic carbocycles. The van der Waals surface area contributed by atoms with Crippen LogP contribution in [-0.2, 0) is 22.6 Å². The van der Waals surface area contributed by atoms with Gasteiger partial charge in [0.15, 0.2) is 0 Å². The molecule has 27 heavy (non-hydrogen) atoms. The quantitative estimate of drug-likeness (QED) is 0.874. The molecule has 1 aromatic heterocycles. The average Bonchev–Trinajstić information content (AvgIpc) is 3.26. The fraction of sp³-hybridized carbons (Fsp3) is 0.474. The zero-order valence-corrected chi connectivity index (χ0v) is 15.9. The Kier molecular flexibility index (Phi) is 4.86. The number of rotatable bonds is 4. The van der Waals surface area contributed by atoms with Gasteiger partial charge in [0.05, 0.1) is 12.0 Å². The van der Waals surface area contributed by atoms with Gasteiger partial charge in [0, 0.05) is 31.0 Å². The highest BCUT2D eigenvalue weighted by Gasteiger charge is 2.37. The Hall–Kier alpha value is -2.41. The van der Waals surface area contributed by atoms with Crippen molar-refractivity contribution in [1.29, 1.82) is 0 Å². The molecule has 0 spiro atoms. The number of anilines is 1. The van der Waals surface area contributed by atoms with Crippen LogP contribution < -0.4 is 5.32 Å². The van der Waals surface area contributed by atoms with E-state index in [0.29, 0.717) is 17.5 Å². The number of aryl methyl sites for hydroxylation is 1. The molecule has 7 nitrogen and oxygen atoms in total. The molecule has 2 amide bonds. The molecule has 0 radical (unpaired) electrons. The van der Waals surface area contributed by atoms with Gasteiger partial charge in [0.1, 0.15) is 5.82 Å². The molecule has 1 fully saturated rings. The second-order valence-electron chi connectivity index (χ2n) is 7.21. The average molecular weight is 388 g/mol. The molecular weight excluding hydrogens is 366 g/mol. The first-order valence-electron chi connectivity index (χ1n) is 9.31. The van der Waals surface area contributed by atoms with Gasteiger partial charge in [-0.15, -0.1) is 10.2 Å². The molecular formula is C19H22ClN5O2. The third kappa shape index (κ3) is 3.56. The number of hydrogen-bond acceptors (Lipinski definition) is 4. The fourth-order valence-corrected chi connectivity index (χ4v) is 3.94. The third-order valence-corrected chi connectivity index (χ3v) is 5.70. The number of carbonyl (C=O) groups excluding carboxylic acids is 2. The zero-order valence-electron chi connectivity index (χ0n) is 15.2. The van der Waals surface area contributed by atoms with Gasteiger partial charge in [0.2, 0.25) is 17.8 Å². The molecule has 3 heterocycles. The molecule has 2 aromatic rings. The first kappa shape index (κ1) is 18.0. The van der Waals surface area contributed by atoms with Crippen LogP contribution in [-0.4, -0.2) is 38.0 Å². The summed E-state index contributed by atoms with van der Waals surface area (Å²) in [6, 6.07) is 7.35. The summed E-state index contributed by atoms with van der Waals surface area (Å²) in [5.41, 5.74) is 1.00. The number of fused-ring (bicyclic) bond motifs is 1. The normalized spacial score (nSPS) is 20.4. The monoisotopic (exact) mass is 387 g/mol. The van der Waals surface area contributed by atoms with Crippen LogP contribution in [0.5, 0.6) is 0 Å².